The first-order valence-corrected chi connectivity index (χ1v) is 19.4. The largest absolute Gasteiger partial charge is 0.456 e. The van der Waals surface area contributed by atoms with E-state index in [1.165, 1.54) is 0 Å². The lowest BCUT2D eigenvalue weighted by molar-refractivity contribution is 0.669. The fourth-order valence-electron chi connectivity index (χ4n) is 8.53. The van der Waals surface area contributed by atoms with Crippen LogP contribution in [0.1, 0.15) is 0 Å². The van der Waals surface area contributed by atoms with E-state index >= 15 is 0 Å². The van der Waals surface area contributed by atoms with Crippen LogP contribution in [0.4, 0.5) is 0 Å². The summed E-state index contributed by atoms with van der Waals surface area (Å²) >= 11 is 0. The molecule has 5 nitrogen and oxygen atoms in total. The number of nitrogens with zero attached hydrogens (tertiary/aromatic N) is 3. The van der Waals surface area contributed by atoms with E-state index in [2.05, 4.69) is 133 Å². The molecule has 5 heteroatoms. The first-order chi connectivity index (χ1) is 28.7. The molecule has 0 saturated carbocycles. The van der Waals surface area contributed by atoms with Crippen molar-refractivity contribution in [3.63, 3.8) is 0 Å². The molecule has 0 aliphatic rings. The Morgan fingerprint density at radius 2 is 0.914 bits per heavy atom. The Bertz CT molecular complexity index is 3550. The molecule has 58 heavy (non-hydrogen) atoms. The number of hydrogen-bond acceptors (Lipinski definition) is 5. The first-order valence-electron chi connectivity index (χ1n) is 19.4. The number of benzene rings is 8. The van der Waals surface area contributed by atoms with Crippen LogP contribution in [0, 0.1) is 0 Å². The second-order valence-electron chi connectivity index (χ2n) is 14.7. The molecule has 8 aromatic carbocycles. The molecular weight excluding hydrogens is 711 g/mol. The summed E-state index contributed by atoms with van der Waals surface area (Å²) in [5, 5.41) is 7.65. The molecule has 0 bridgehead atoms. The molecule has 4 aromatic heterocycles. The zero-order valence-electron chi connectivity index (χ0n) is 31.1. The van der Waals surface area contributed by atoms with Gasteiger partial charge in [0.25, 0.3) is 0 Å². The lowest BCUT2D eigenvalue weighted by Crippen LogP contribution is -1.96. The van der Waals surface area contributed by atoms with Crippen LogP contribution in [0.15, 0.2) is 197 Å². The topological polar surface area (TPSA) is 65.0 Å². The van der Waals surface area contributed by atoms with Crippen molar-refractivity contribution in [1.82, 2.24) is 15.0 Å². The molecule has 4 heterocycles. The molecule has 270 valence electrons. The number of para-hydroxylation sites is 3. The highest BCUT2D eigenvalue weighted by molar-refractivity contribution is 6.30. The maximum Gasteiger partial charge on any atom is 0.160 e. The van der Waals surface area contributed by atoms with Gasteiger partial charge in [-0.2, -0.15) is 0 Å². The quantitative estimate of drug-likeness (QED) is 0.164. The van der Waals surface area contributed by atoms with Crippen LogP contribution in [0.5, 0.6) is 0 Å². The maximum absolute atomic E-state index is 6.79. The van der Waals surface area contributed by atoms with Gasteiger partial charge in [-0.25, -0.2) is 15.0 Å². The SMILES string of the molecule is c1ccc(-c2nc(-c3ccc(-c4cc5c(-c6ccccc6)nc6ccccc6c5c5c4oc4ccccc45)cc3)cc(-c3ccc4oc5ccccc5c4c3)n2)cc1. The van der Waals surface area contributed by atoms with Crippen LogP contribution in [0.25, 0.3) is 122 Å². The predicted octanol–water partition coefficient (Wildman–Crippen LogP) is 14.3. The summed E-state index contributed by atoms with van der Waals surface area (Å²) in [5.41, 5.74) is 13.1. The highest BCUT2D eigenvalue weighted by Gasteiger charge is 2.22. The Kier molecular flexibility index (Phi) is 7.16. The van der Waals surface area contributed by atoms with Crippen LogP contribution in [-0.2, 0) is 0 Å². The number of pyridine rings is 1. The number of furan rings is 2. The van der Waals surface area contributed by atoms with Gasteiger partial charge in [-0.3, -0.25) is 0 Å². The van der Waals surface area contributed by atoms with Crippen molar-refractivity contribution in [3.8, 4) is 56.3 Å². The van der Waals surface area contributed by atoms with Gasteiger partial charge in [0.2, 0.25) is 0 Å². The van der Waals surface area contributed by atoms with Crippen molar-refractivity contribution in [2.24, 2.45) is 0 Å². The fourth-order valence-corrected chi connectivity index (χ4v) is 8.53. The van der Waals surface area contributed by atoms with Gasteiger partial charge in [0, 0.05) is 65.5 Å². The Balaban J connectivity index is 1.05. The molecule has 0 aliphatic carbocycles. The van der Waals surface area contributed by atoms with Gasteiger partial charge >= 0.3 is 0 Å². The third-order valence-corrected chi connectivity index (χ3v) is 11.3. The molecule has 0 unspecified atom stereocenters. The Morgan fingerprint density at radius 1 is 0.328 bits per heavy atom. The third-order valence-electron chi connectivity index (χ3n) is 11.3. The molecule has 0 aliphatic heterocycles. The summed E-state index contributed by atoms with van der Waals surface area (Å²) in [6, 6.07) is 64.8. The zero-order valence-corrected chi connectivity index (χ0v) is 31.1. The minimum Gasteiger partial charge on any atom is -0.456 e. The number of fused-ring (bicyclic) bond motifs is 10. The molecule has 0 N–H and O–H groups in total. The van der Waals surface area contributed by atoms with Gasteiger partial charge < -0.3 is 8.83 Å². The highest BCUT2D eigenvalue weighted by Crippen LogP contribution is 2.46. The standard InChI is InChI=1S/C53H31N3O2/c1-3-13-34(14-4-1)51-42-30-40(52-50(39-19-9-12-22-47(39)58-52)49(42)38-18-7-10-20-43(38)54-51)32-23-25-33(26-24-32)44-31-45(56-53(55-44)35-15-5-2-6-16-35)36-27-28-48-41(29-36)37-17-8-11-21-46(37)57-48/h1-31H. The smallest absolute Gasteiger partial charge is 0.160 e. The second kappa shape index (κ2) is 12.8. The molecule has 0 radical (unpaired) electrons. The molecule has 12 aromatic rings. The summed E-state index contributed by atoms with van der Waals surface area (Å²) in [7, 11) is 0. The Morgan fingerprint density at radius 3 is 1.69 bits per heavy atom. The third kappa shape index (κ3) is 5.14. The molecule has 0 atom stereocenters. The van der Waals surface area contributed by atoms with Gasteiger partial charge in [0.1, 0.15) is 22.3 Å². The van der Waals surface area contributed by atoms with Crippen molar-refractivity contribution in [2.75, 3.05) is 0 Å². The van der Waals surface area contributed by atoms with Crippen LogP contribution >= 0.6 is 0 Å². The van der Waals surface area contributed by atoms with Crippen LogP contribution in [0.2, 0.25) is 0 Å². The van der Waals surface area contributed by atoms with Crippen molar-refractivity contribution in [3.05, 3.63) is 188 Å². The minimum absolute atomic E-state index is 0.668. The lowest BCUT2D eigenvalue weighted by atomic mass is 9.91. The molecule has 12 rings (SSSR count). The van der Waals surface area contributed by atoms with Gasteiger partial charge in [-0.15, -0.1) is 0 Å². The fraction of sp³-hybridized carbons (Fsp3) is 0. The first kappa shape index (κ1) is 32.4. The average Bonchev–Trinajstić information content (AvgIpc) is 3.88. The van der Waals surface area contributed by atoms with Crippen molar-refractivity contribution < 1.29 is 8.83 Å². The van der Waals surface area contributed by atoms with E-state index in [9.17, 15) is 0 Å². The van der Waals surface area contributed by atoms with E-state index < -0.39 is 0 Å². The molecule has 0 saturated heterocycles. The molecule has 0 fully saturated rings. The Labute approximate surface area is 332 Å². The zero-order chi connectivity index (χ0) is 38.2. The van der Waals surface area contributed by atoms with Gasteiger partial charge in [-0.05, 0) is 54.1 Å². The molecule has 0 spiro atoms. The number of hydrogen-bond donors (Lipinski definition) is 0. The van der Waals surface area contributed by atoms with E-state index in [1.807, 2.05) is 54.6 Å². The monoisotopic (exact) mass is 741 g/mol. The Hall–Kier alpha value is -7.89. The van der Waals surface area contributed by atoms with E-state index in [-0.39, 0.29) is 0 Å². The van der Waals surface area contributed by atoms with Crippen LogP contribution in [0.3, 0.4) is 0 Å². The highest BCUT2D eigenvalue weighted by atomic mass is 16.3. The molecule has 0 amide bonds. The van der Waals surface area contributed by atoms with Gasteiger partial charge in [0.15, 0.2) is 5.82 Å². The maximum atomic E-state index is 6.79. The average molecular weight is 742 g/mol. The summed E-state index contributed by atoms with van der Waals surface area (Å²) in [5.74, 6) is 0.668. The number of aromatic nitrogens is 3. The predicted molar refractivity (Wildman–Crippen MR) is 237 cm³/mol. The van der Waals surface area contributed by atoms with Crippen LogP contribution < -0.4 is 0 Å². The normalized spacial score (nSPS) is 11.8. The summed E-state index contributed by atoms with van der Waals surface area (Å²) < 4.78 is 12.9. The summed E-state index contributed by atoms with van der Waals surface area (Å²) in [6.45, 7) is 0. The van der Waals surface area contributed by atoms with Crippen molar-refractivity contribution >= 4 is 65.6 Å². The number of rotatable bonds is 5. The minimum atomic E-state index is 0.668. The van der Waals surface area contributed by atoms with E-state index in [1.54, 1.807) is 0 Å². The molecular formula is C53H31N3O2. The van der Waals surface area contributed by atoms with E-state index in [0.717, 1.165) is 116 Å². The van der Waals surface area contributed by atoms with Gasteiger partial charge in [0.05, 0.1) is 22.6 Å². The second-order valence-corrected chi connectivity index (χ2v) is 14.7. The van der Waals surface area contributed by atoms with Crippen molar-refractivity contribution in [1.29, 1.82) is 0 Å². The van der Waals surface area contributed by atoms with E-state index in [4.69, 9.17) is 23.8 Å². The van der Waals surface area contributed by atoms with E-state index in [0.29, 0.717) is 5.82 Å². The van der Waals surface area contributed by atoms with Crippen LogP contribution in [-0.4, -0.2) is 15.0 Å². The van der Waals surface area contributed by atoms with Crippen molar-refractivity contribution in [2.45, 2.75) is 0 Å². The summed E-state index contributed by atoms with van der Waals surface area (Å²) in [4.78, 5) is 15.5. The lowest BCUT2D eigenvalue weighted by Gasteiger charge is -2.14. The summed E-state index contributed by atoms with van der Waals surface area (Å²) in [6.07, 6.45) is 0. The van der Waals surface area contributed by atoms with Gasteiger partial charge in [-0.1, -0.05) is 140 Å².